The second-order valence-corrected chi connectivity index (χ2v) is 7.22. The molecule has 1 aliphatic heterocycles. The molecule has 0 saturated carbocycles. The van der Waals surface area contributed by atoms with E-state index in [9.17, 15) is 0 Å². The van der Waals surface area contributed by atoms with Crippen LogP contribution >= 0.6 is 0 Å². The van der Waals surface area contributed by atoms with Crippen LogP contribution in [0.1, 0.15) is 26.2 Å². The van der Waals surface area contributed by atoms with Crippen molar-refractivity contribution >= 4 is 21.7 Å². The minimum atomic E-state index is 0.379. The van der Waals surface area contributed by atoms with Gasteiger partial charge >= 0.3 is 0 Å². The van der Waals surface area contributed by atoms with Gasteiger partial charge in [0.25, 0.3) is 0 Å². The molecule has 0 aromatic heterocycles. The summed E-state index contributed by atoms with van der Waals surface area (Å²) in [7, 11) is 0.379. The van der Waals surface area contributed by atoms with Crippen LogP contribution in [0.5, 0.6) is 5.75 Å². The first-order valence-electron chi connectivity index (χ1n) is 7.22. The van der Waals surface area contributed by atoms with Gasteiger partial charge in [0.05, 0.1) is 6.61 Å². The van der Waals surface area contributed by atoms with Crippen molar-refractivity contribution in [3.05, 3.63) is 36.4 Å². The number of hydrogen-bond donors (Lipinski definition) is 0. The summed E-state index contributed by atoms with van der Waals surface area (Å²) in [4.78, 5) is 1.49. The molecular weight excluding hydrogens is 252 g/mol. The normalized spacial score (nSPS) is 16.7. The van der Waals surface area contributed by atoms with Crippen LogP contribution in [-0.4, -0.2) is 18.1 Å². The molecule has 0 N–H and O–H groups in total. The van der Waals surface area contributed by atoms with E-state index in [4.69, 9.17) is 4.74 Å². The molecule has 1 heterocycles. The van der Waals surface area contributed by atoms with E-state index in [0.29, 0.717) is 10.9 Å². The molecule has 1 saturated heterocycles. The minimum absolute atomic E-state index is 0.379. The molecule has 3 rings (SSSR count). The van der Waals surface area contributed by atoms with E-state index < -0.39 is 0 Å². The van der Waals surface area contributed by atoms with Gasteiger partial charge in [0.15, 0.2) is 5.75 Å². The number of ether oxygens (including phenoxy) is 1. The zero-order chi connectivity index (χ0) is 13.1. The maximum atomic E-state index is 5.91. The summed E-state index contributed by atoms with van der Waals surface area (Å²) < 4.78 is 5.91. The summed E-state index contributed by atoms with van der Waals surface area (Å²) in [6.45, 7) is 2.82. The average Bonchev–Trinajstić information content (AvgIpc) is 2.48. The van der Waals surface area contributed by atoms with E-state index in [1.165, 1.54) is 46.4 Å². The highest BCUT2D eigenvalue weighted by Crippen LogP contribution is 2.36. The molecular formula is C17H21OS+. The zero-order valence-electron chi connectivity index (χ0n) is 11.5. The van der Waals surface area contributed by atoms with Crippen molar-refractivity contribution in [2.75, 3.05) is 18.1 Å². The molecule has 1 fully saturated rings. The number of hydrogen-bond acceptors (Lipinski definition) is 1. The Labute approximate surface area is 118 Å². The fourth-order valence-corrected chi connectivity index (χ4v) is 5.45. The quantitative estimate of drug-likeness (QED) is 0.753. The van der Waals surface area contributed by atoms with Crippen LogP contribution in [0, 0.1) is 0 Å². The molecule has 100 valence electrons. The minimum Gasteiger partial charge on any atom is -0.489 e. The highest BCUT2D eigenvalue weighted by molar-refractivity contribution is 7.97. The van der Waals surface area contributed by atoms with Crippen molar-refractivity contribution in [1.29, 1.82) is 0 Å². The molecule has 0 unspecified atom stereocenters. The highest BCUT2D eigenvalue weighted by Gasteiger charge is 2.30. The Bertz CT molecular complexity index is 558. The van der Waals surface area contributed by atoms with Crippen molar-refractivity contribution < 1.29 is 4.74 Å². The van der Waals surface area contributed by atoms with Crippen LogP contribution in [0.4, 0.5) is 0 Å². The lowest BCUT2D eigenvalue weighted by Gasteiger charge is -2.17. The lowest BCUT2D eigenvalue weighted by atomic mass is 10.1. The Morgan fingerprint density at radius 1 is 1.00 bits per heavy atom. The fourth-order valence-electron chi connectivity index (χ4n) is 2.83. The van der Waals surface area contributed by atoms with Crippen LogP contribution in [0.2, 0.25) is 0 Å². The Kier molecular flexibility index (Phi) is 3.97. The Morgan fingerprint density at radius 2 is 1.79 bits per heavy atom. The smallest absolute Gasteiger partial charge is 0.204 e. The second-order valence-electron chi connectivity index (χ2n) is 5.01. The molecule has 2 heteroatoms. The van der Waals surface area contributed by atoms with Crippen molar-refractivity contribution in [3.63, 3.8) is 0 Å². The predicted molar refractivity (Wildman–Crippen MR) is 84.3 cm³/mol. The first-order chi connectivity index (χ1) is 9.40. The van der Waals surface area contributed by atoms with Crippen molar-refractivity contribution in [3.8, 4) is 5.75 Å². The first kappa shape index (κ1) is 12.9. The van der Waals surface area contributed by atoms with Gasteiger partial charge in [-0.05, 0) is 43.7 Å². The maximum Gasteiger partial charge on any atom is 0.204 e. The fraction of sp³-hybridized carbons (Fsp3) is 0.412. The first-order valence-corrected chi connectivity index (χ1v) is 8.78. The van der Waals surface area contributed by atoms with Gasteiger partial charge in [-0.15, -0.1) is 0 Å². The van der Waals surface area contributed by atoms with Crippen molar-refractivity contribution in [2.45, 2.75) is 31.1 Å². The molecule has 0 radical (unpaired) electrons. The summed E-state index contributed by atoms with van der Waals surface area (Å²) in [5.74, 6) is 3.80. The van der Waals surface area contributed by atoms with Gasteiger partial charge in [0.2, 0.25) is 4.90 Å². The van der Waals surface area contributed by atoms with Gasteiger partial charge in [-0.25, -0.2) is 0 Å². The SMILES string of the molecule is CCOc1ccc2ccccc2c1[S+]1CCCCC1. The summed E-state index contributed by atoms with van der Waals surface area (Å²) in [6, 6.07) is 13.1. The van der Waals surface area contributed by atoms with E-state index >= 15 is 0 Å². The van der Waals surface area contributed by atoms with Crippen molar-refractivity contribution in [1.82, 2.24) is 0 Å². The van der Waals surface area contributed by atoms with Crippen LogP contribution < -0.4 is 4.74 Å². The average molecular weight is 273 g/mol. The molecule has 0 atom stereocenters. The number of rotatable bonds is 3. The molecule has 1 nitrogen and oxygen atoms in total. The van der Waals surface area contributed by atoms with E-state index in [1.807, 2.05) is 0 Å². The molecule has 0 spiro atoms. The molecule has 2 aromatic carbocycles. The largest absolute Gasteiger partial charge is 0.489 e. The van der Waals surface area contributed by atoms with Crippen LogP contribution in [0.3, 0.4) is 0 Å². The Morgan fingerprint density at radius 3 is 2.58 bits per heavy atom. The van der Waals surface area contributed by atoms with Gasteiger partial charge < -0.3 is 4.74 Å². The van der Waals surface area contributed by atoms with Gasteiger partial charge in [-0.2, -0.15) is 0 Å². The number of fused-ring (bicyclic) bond motifs is 1. The number of benzene rings is 2. The molecule has 1 aliphatic rings. The lowest BCUT2D eigenvalue weighted by molar-refractivity contribution is 0.333. The van der Waals surface area contributed by atoms with Crippen LogP contribution in [0.25, 0.3) is 10.8 Å². The predicted octanol–water partition coefficient (Wildman–Crippen LogP) is 4.40. The second kappa shape index (κ2) is 5.87. The topological polar surface area (TPSA) is 9.23 Å². The van der Waals surface area contributed by atoms with Gasteiger partial charge in [-0.1, -0.05) is 24.3 Å². The standard InChI is InChI=1S/C17H21OS/c1-2-18-16-11-10-14-8-4-5-9-15(14)17(16)19-12-6-3-7-13-19/h4-5,8-11H,2-3,6-7,12-13H2,1H3/q+1. The van der Waals surface area contributed by atoms with Crippen LogP contribution in [0.15, 0.2) is 41.3 Å². The van der Waals surface area contributed by atoms with Crippen LogP contribution in [-0.2, 0) is 10.9 Å². The van der Waals surface area contributed by atoms with E-state index in [1.54, 1.807) is 0 Å². The maximum absolute atomic E-state index is 5.91. The molecule has 19 heavy (non-hydrogen) atoms. The van der Waals surface area contributed by atoms with Gasteiger partial charge in [0, 0.05) is 16.3 Å². The summed E-state index contributed by atoms with van der Waals surface area (Å²) in [6.07, 6.45) is 4.15. The van der Waals surface area contributed by atoms with E-state index in [-0.39, 0.29) is 0 Å². The third-order valence-corrected chi connectivity index (χ3v) is 6.27. The summed E-state index contributed by atoms with van der Waals surface area (Å²) in [5.41, 5.74) is 0. The summed E-state index contributed by atoms with van der Waals surface area (Å²) >= 11 is 0. The zero-order valence-corrected chi connectivity index (χ0v) is 12.3. The van der Waals surface area contributed by atoms with E-state index in [0.717, 1.165) is 12.4 Å². The lowest BCUT2D eigenvalue weighted by Crippen LogP contribution is -2.19. The van der Waals surface area contributed by atoms with E-state index in [2.05, 4.69) is 43.3 Å². The monoisotopic (exact) mass is 273 g/mol. The van der Waals surface area contributed by atoms with Gasteiger partial charge in [-0.3, -0.25) is 0 Å². The third kappa shape index (κ3) is 2.59. The molecule has 0 amide bonds. The molecule has 2 aromatic rings. The highest BCUT2D eigenvalue weighted by atomic mass is 32.2. The molecule has 0 bridgehead atoms. The molecule has 0 aliphatic carbocycles. The Hall–Kier alpha value is -1.15. The van der Waals surface area contributed by atoms with Crippen molar-refractivity contribution in [2.24, 2.45) is 0 Å². The summed E-state index contributed by atoms with van der Waals surface area (Å²) in [5, 5.41) is 2.75. The Balaban J connectivity index is 2.13. The third-order valence-electron chi connectivity index (χ3n) is 3.71. The van der Waals surface area contributed by atoms with Gasteiger partial charge in [0.1, 0.15) is 11.5 Å².